The van der Waals surface area contributed by atoms with Crippen molar-refractivity contribution in [2.75, 3.05) is 18.1 Å². The number of ether oxygens (including phenoxy) is 1. The molecule has 2 amide bonds. The fourth-order valence-corrected chi connectivity index (χ4v) is 2.37. The molecule has 1 aliphatic rings. The van der Waals surface area contributed by atoms with E-state index < -0.39 is 17.9 Å². The summed E-state index contributed by atoms with van der Waals surface area (Å²) in [4.78, 5) is 36.6. The summed E-state index contributed by atoms with van der Waals surface area (Å²) in [6.45, 7) is 1.88. The second-order valence-corrected chi connectivity index (χ2v) is 5.31. The molecule has 0 aromatic heterocycles. The molecule has 0 saturated carbocycles. The number of amides is 2. The topological polar surface area (TPSA) is 95.9 Å². The third kappa shape index (κ3) is 4.34. The van der Waals surface area contributed by atoms with Crippen LogP contribution in [0, 0.1) is 0 Å². The highest BCUT2D eigenvalue weighted by atomic mass is 16.5. The van der Waals surface area contributed by atoms with Crippen molar-refractivity contribution in [3.05, 3.63) is 36.4 Å². The molecule has 128 valence electrons. The van der Waals surface area contributed by atoms with Gasteiger partial charge in [0.1, 0.15) is 11.8 Å². The van der Waals surface area contributed by atoms with Crippen molar-refractivity contribution in [3.63, 3.8) is 0 Å². The highest BCUT2D eigenvalue weighted by Crippen LogP contribution is 2.31. The SMILES string of the molecule is C/C=C/CC(NC(=O)CCN1C(=O)COc2ccccc21)C(=O)O. The number of carbonyl (C=O) groups excluding carboxylic acids is 2. The van der Waals surface area contributed by atoms with Crippen LogP contribution in [0.25, 0.3) is 0 Å². The molecule has 0 saturated heterocycles. The van der Waals surface area contributed by atoms with Crippen molar-refractivity contribution in [1.82, 2.24) is 5.32 Å². The van der Waals surface area contributed by atoms with Gasteiger partial charge in [-0.3, -0.25) is 9.59 Å². The molecule has 1 atom stereocenters. The van der Waals surface area contributed by atoms with Crippen molar-refractivity contribution >= 4 is 23.5 Å². The molecule has 0 aliphatic carbocycles. The van der Waals surface area contributed by atoms with E-state index in [4.69, 9.17) is 9.84 Å². The molecule has 2 rings (SSSR count). The van der Waals surface area contributed by atoms with Crippen LogP contribution in [0.1, 0.15) is 19.8 Å². The van der Waals surface area contributed by atoms with Crippen LogP contribution in [0.3, 0.4) is 0 Å². The summed E-state index contributed by atoms with van der Waals surface area (Å²) in [6, 6.07) is 6.12. The number of rotatable bonds is 7. The quantitative estimate of drug-likeness (QED) is 0.735. The smallest absolute Gasteiger partial charge is 0.326 e. The van der Waals surface area contributed by atoms with Crippen molar-refractivity contribution in [2.45, 2.75) is 25.8 Å². The van der Waals surface area contributed by atoms with Crippen LogP contribution in [0.5, 0.6) is 5.75 Å². The maximum atomic E-state index is 12.0. The van der Waals surface area contributed by atoms with Crippen LogP contribution >= 0.6 is 0 Å². The lowest BCUT2D eigenvalue weighted by atomic mass is 10.2. The van der Waals surface area contributed by atoms with Crippen molar-refractivity contribution in [1.29, 1.82) is 0 Å². The summed E-state index contributed by atoms with van der Waals surface area (Å²) in [5.41, 5.74) is 0.616. The molecule has 0 bridgehead atoms. The number of hydrogen-bond donors (Lipinski definition) is 2. The van der Waals surface area contributed by atoms with Crippen LogP contribution in [-0.4, -0.2) is 42.1 Å². The van der Waals surface area contributed by atoms with Crippen LogP contribution in [-0.2, 0) is 14.4 Å². The Morgan fingerprint density at radius 1 is 1.42 bits per heavy atom. The number of para-hydroxylation sites is 2. The molecule has 1 aliphatic heterocycles. The van der Waals surface area contributed by atoms with Gasteiger partial charge in [-0.15, -0.1) is 0 Å². The van der Waals surface area contributed by atoms with Crippen LogP contribution in [0.2, 0.25) is 0 Å². The standard InChI is InChI=1S/C17H20N2O5/c1-2-3-6-12(17(22)23)18-15(20)9-10-19-13-7-4-5-8-14(13)24-11-16(19)21/h2-5,7-8,12H,6,9-11H2,1H3,(H,18,20)(H,22,23)/b3-2+. The zero-order chi connectivity index (χ0) is 17.5. The Morgan fingerprint density at radius 2 is 2.17 bits per heavy atom. The highest BCUT2D eigenvalue weighted by molar-refractivity contribution is 5.98. The van der Waals surface area contributed by atoms with E-state index >= 15 is 0 Å². The largest absolute Gasteiger partial charge is 0.482 e. The zero-order valence-electron chi connectivity index (χ0n) is 13.4. The summed E-state index contributed by atoms with van der Waals surface area (Å²) < 4.78 is 5.34. The van der Waals surface area contributed by atoms with E-state index in [9.17, 15) is 14.4 Å². The van der Waals surface area contributed by atoms with Crippen LogP contribution < -0.4 is 15.0 Å². The van der Waals surface area contributed by atoms with Gasteiger partial charge in [-0.1, -0.05) is 24.3 Å². The minimum Gasteiger partial charge on any atom is -0.482 e. The molecule has 0 spiro atoms. The molecule has 0 radical (unpaired) electrons. The number of nitrogens with zero attached hydrogens (tertiary/aromatic N) is 1. The normalized spacial score (nSPS) is 14.9. The number of nitrogens with one attached hydrogen (secondary N) is 1. The number of hydrogen-bond acceptors (Lipinski definition) is 4. The number of benzene rings is 1. The van der Waals surface area contributed by atoms with Gasteiger partial charge in [-0.05, 0) is 25.5 Å². The highest BCUT2D eigenvalue weighted by Gasteiger charge is 2.26. The first-order valence-electron chi connectivity index (χ1n) is 7.68. The number of anilines is 1. The molecule has 2 N–H and O–H groups in total. The predicted octanol–water partition coefficient (Wildman–Crippen LogP) is 1.34. The van der Waals surface area contributed by atoms with Crippen LogP contribution in [0.15, 0.2) is 36.4 Å². The minimum absolute atomic E-state index is 0.0136. The maximum absolute atomic E-state index is 12.0. The molecule has 24 heavy (non-hydrogen) atoms. The summed E-state index contributed by atoms with van der Waals surface area (Å²) in [5, 5.41) is 11.6. The third-order valence-electron chi connectivity index (χ3n) is 3.61. The lowest BCUT2D eigenvalue weighted by molar-refractivity contribution is -0.141. The van der Waals surface area contributed by atoms with Crippen molar-refractivity contribution in [3.8, 4) is 5.75 Å². The number of allylic oxidation sites excluding steroid dienone is 1. The van der Waals surface area contributed by atoms with E-state index in [2.05, 4.69) is 5.32 Å². The van der Waals surface area contributed by atoms with Gasteiger partial charge >= 0.3 is 5.97 Å². The van der Waals surface area contributed by atoms with Gasteiger partial charge in [0.05, 0.1) is 5.69 Å². The molecule has 1 aromatic carbocycles. The summed E-state index contributed by atoms with van der Waals surface area (Å²) >= 11 is 0. The van der Waals surface area contributed by atoms with E-state index in [0.29, 0.717) is 11.4 Å². The maximum Gasteiger partial charge on any atom is 0.326 e. The molecule has 7 nitrogen and oxygen atoms in total. The summed E-state index contributed by atoms with van der Waals surface area (Å²) in [7, 11) is 0. The van der Waals surface area contributed by atoms with E-state index in [1.807, 2.05) is 0 Å². The van der Waals surface area contributed by atoms with Gasteiger partial charge in [-0.2, -0.15) is 0 Å². The van der Waals surface area contributed by atoms with E-state index in [1.54, 1.807) is 43.3 Å². The van der Waals surface area contributed by atoms with Gasteiger partial charge in [0.15, 0.2) is 6.61 Å². The van der Waals surface area contributed by atoms with Gasteiger partial charge in [0.2, 0.25) is 5.91 Å². The molecule has 1 aromatic rings. The summed E-state index contributed by atoms with van der Waals surface area (Å²) in [5.74, 6) is -1.14. The van der Waals surface area contributed by atoms with Crippen LogP contribution in [0.4, 0.5) is 5.69 Å². The monoisotopic (exact) mass is 332 g/mol. The predicted molar refractivity (Wildman–Crippen MR) is 87.9 cm³/mol. The lowest BCUT2D eigenvalue weighted by Crippen LogP contribution is -2.44. The van der Waals surface area contributed by atoms with Crippen molar-refractivity contribution in [2.24, 2.45) is 0 Å². The molecule has 1 unspecified atom stereocenters. The average molecular weight is 332 g/mol. The lowest BCUT2D eigenvalue weighted by Gasteiger charge is -2.29. The van der Waals surface area contributed by atoms with Crippen molar-refractivity contribution < 1.29 is 24.2 Å². The fraction of sp³-hybridized carbons (Fsp3) is 0.353. The Balaban J connectivity index is 1.96. The second-order valence-electron chi connectivity index (χ2n) is 5.31. The molecule has 0 fully saturated rings. The molecule has 1 heterocycles. The van der Waals surface area contributed by atoms with Gasteiger partial charge in [0.25, 0.3) is 5.91 Å². The first-order chi connectivity index (χ1) is 11.5. The number of carbonyl (C=O) groups is 3. The first kappa shape index (κ1) is 17.5. The Labute approximate surface area is 139 Å². The molecular weight excluding hydrogens is 312 g/mol. The van der Waals surface area contributed by atoms with E-state index in [1.165, 1.54) is 4.90 Å². The first-order valence-corrected chi connectivity index (χ1v) is 7.68. The zero-order valence-corrected chi connectivity index (χ0v) is 13.4. The average Bonchev–Trinajstić information content (AvgIpc) is 2.57. The fourth-order valence-electron chi connectivity index (χ4n) is 2.37. The third-order valence-corrected chi connectivity index (χ3v) is 3.61. The van der Waals surface area contributed by atoms with Gasteiger partial charge in [0, 0.05) is 13.0 Å². The number of aliphatic carboxylic acids is 1. The van der Waals surface area contributed by atoms with E-state index in [0.717, 1.165) is 0 Å². The minimum atomic E-state index is -1.09. The number of carboxylic acids is 1. The molecule has 7 heteroatoms. The number of carboxylic acid groups (broad SMARTS) is 1. The summed E-state index contributed by atoms with van der Waals surface area (Å²) in [6.07, 6.45) is 3.64. The van der Waals surface area contributed by atoms with E-state index in [-0.39, 0.29) is 31.9 Å². The van der Waals surface area contributed by atoms with Gasteiger partial charge in [-0.25, -0.2) is 4.79 Å². The Morgan fingerprint density at radius 3 is 2.88 bits per heavy atom. The van der Waals surface area contributed by atoms with Gasteiger partial charge < -0.3 is 20.1 Å². The number of fused-ring (bicyclic) bond motifs is 1. The molecular formula is C17H20N2O5. The Hall–Kier alpha value is -2.83. The second kappa shape index (κ2) is 8.14. The Bertz CT molecular complexity index is 656. The Kier molecular flexibility index (Phi) is 5.95.